The van der Waals surface area contributed by atoms with Crippen LogP contribution in [0.2, 0.25) is 5.02 Å². The molecule has 0 aliphatic rings. The third-order valence-corrected chi connectivity index (χ3v) is 3.04. The van der Waals surface area contributed by atoms with Gasteiger partial charge in [-0.2, -0.15) is 0 Å². The highest BCUT2D eigenvalue weighted by Gasteiger charge is 2.03. The van der Waals surface area contributed by atoms with Gasteiger partial charge < -0.3 is 10.4 Å². The number of rotatable bonds is 5. The van der Waals surface area contributed by atoms with Gasteiger partial charge in [-0.05, 0) is 31.2 Å². The van der Waals surface area contributed by atoms with Crippen LogP contribution in [-0.2, 0) is 4.79 Å². The number of carbonyl (C=O) groups excluding carboxylic acids is 1. The lowest BCUT2D eigenvalue weighted by molar-refractivity contribution is -0.118. The van der Waals surface area contributed by atoms with Crippen molar-refractivity contribution in [3.05, 3.63) is 29.3 Å². The SMILES string of the molecule is CC(O)CNC(=O)CSc1ccc(Cl)cc1. The summed E-state index contributed by atoms with van der Waals surface area (Å²) in [6, 6.07) is 7.32. The lowest BCUT2D eigenvalue weighted by atomic mass is 10.4. The molecule has 0 radical (unpaired) electrons. The van der Waals surface area contributed by atoms with E-state index >= 15 is 0 Å². The number of halogens is 1. The second kappa shape index (κ2) is 6.78. The van der Waals surface area contributed by atoms with Crippen LogP contribution in [0.1, 0.15) is 6.92 Å². The van der Waals surface area contributed by atoms with Crippen molar-refractivity contribution in [1.29, 1.82) is 0 Å². The van der Waals surface area contributed by atoms with E-state index in [1.54, 1.807) is 19.1 Å². The molecule has 16 heavy (non-hydrogen) atoms. The molecule has 5 heteroatoms. The topological polar surface area (TPSA) is 49.3 Å². The Morgan fingerprint density at radius 2 is 2.12 bits per heavy atom. The number of carbonyl (C=O) groups is 1. The molecule has 0 fully saturated rings. The lowest BCUT2D eigenvalue weighted by Crippen LogP contribution is -2.31. The summed E-state index contributed by atoms with van der Waals surface area (Å²) in [5.74, 6) is 0.259. The highest BCUT2D eigenvalue weighted by molar-refractivity contribution is 8.00. The van der Waals surface area contributed by atoms with Crippen molar-refractivity contribution in [1.82, 2.24) is 5.32 Å². The second-order valence-corrected chi connectivity index (χ2v) is 4.88. The molecular weight excluding hydrogens is 246 g/mol. The molecule has 0 heterocycles. The van der Waals surface area contributed by atoms with Crippen molar-refractivity contribution < 1.29 is 9.90 Å². The van der Waals surface area contributed by atoms with Crippen LogP contribution >= 0.6 is 23.4 Å². The number of aliphatic hydroxyl groups excluding tert-OH is 1. The van der Waals surface area contributed by atoms with Crippen molar-refractivity contribution >= 4 is 29.3 Å². The van der Waals surface area contributed by atoms with E-state index < -0.39 is 6.10 Å². The average molecular weight is 260 g/mol. The second-order valence-electron chi connectivity index (χ2n) is 3.40. The minimum atomic E-state index is -0.510. The Morgan fingerprint density at radius 3 is 2.69 bits per heavy atom. The predicted octanol–water partition coefficient (Wildman–Crippen LogP) is 1.93. The first-order chi connectivity index (χ1) is 7.58. The molecule has 1 rings (SSSR count). The summed E-state index contributed by atoms with van der Waals surface area (Å²) in [6.45, 7) is 1.92. The van der Waals surface area contributed by atoms with E-state index in [4.69, 9.17) is 16.7 Å². The minimum Gasteiger partial charge on any atom is -0.392 e. The summed E-state index contributed by atoms with van der Waals surface area (Å²) >= 11 is 7.18. The fourth-order valence-corrected chi connectivity index (χ4v) is 1.85. The summed E-state index contributed by atoms with van der Waals surface area (Å²) < 4.78 is 0. The quantitative estimate of drug-likeness (QED) is 0.795. The summed E-state index contributed by atoms with van der Waals surface area (Å²) in [5, 5.41) is 12.3. The number of benzene rings is 1. The summed E-state index contributed by atoms with van der Waals surface area (Å²) in [6.07, 6.45) is -0.510. The number of nitrogens with one attached hydrogen (secondary N) is 1. The highest BCUT2D eigenvalue weighted by atomic mass is 35.5. The molecule has 0 aliphatic carbocycles. The van der Waals surface area contributed by atoms with E-state index in [1.807, 2.05) is 12.1 Å². The minimum absolute atomic E-state index is 0.0825. The summed E-state index contributed by atoms with van der Waals surface area (Å²) in [4.78, 5) is 12.3. The van der Waals surface area contributed by atoms with Gasteiger partial charge in [0.05, 0.1) is 11.9 Å². The van der Waals surface area contributed by atoms with E-state index in [2.05, 4.69) is 5.32 Å². The number of thioether (sulfide) groups is 1. The lowest BCUT2D eigenvalue weighted by Gasteiger charge is -2.06. The number of hydrogen-bond acceptors (Lipinski definition) is 3. The highest BCUT2D eigenvalue weighted by Crippen LogP contribution is 2.19. The fourth-order valence-electron chi connectivity index (χ4n) is 0.992. The van der Waals surface area contributed by atoms with E-state index in [1.165, 1.54) is 11.8 Å². The molecule has 1 atom stereocenters. The molecular formula is C11H14ClNO2S. The van der Waals surface area contributed by atoms with E-state index in [9.17, 15) is 4.79 Å². The van der Waals surface area contributed by atoms with Crippen LogP contribution in [0.4, 0.5) is 0 Å². The molecule has 1 aromatic rings. The first kappa shape index (κ1) is 13.4. The van der Waals surface area contributed by atoms with Crippen molar-refractivity contribution in [3.63, 3.8) is 0 Å². The molecule has 88 valence electrons. The number of aliphatic hydroxyl groups is 1. The van der Waals surface area contributed by atoms with Gasteiger partial charge in [0.15, 0.2) is 0 Å². The zero-order valence-corrected chi connectivity index (χ0v) is 10.5. The Bertz CT molecular complexity index is 340. The van der Waals surface area contributed by atoms with Crippen molar-refractivity contribution in [2.45, 2.75) is 17.9 Å². The number of amides is 1. The van der Waals surface area contributed by atoms with Gasteiger partial charge in [0, 0.05) is 16.5 Å². The first-order valence-corrected chi connectivity index (χ1v) is 6.27. The smallest absolute Gasteiger partial charge is 0.230 e. The van der Waals surface area contributed by atoms with Gasteiger partial charge >= 0.3 is 0 Å². The van der Waals surface area contributed by atoms with Crippen LogP contribution < -0.4 is 5.32 Å². The Morgan fingerprint density at radius 1 is 1.50 bits per heavy atom. The molecule has 0 bridgehead atoms. The van der Waals surface area contributed by atoms with Gasteiger partial charge in [0.25, 0.3) is 0 Å². The van der Waals surface area contributed by atoms with Gasteiger partial charge in [-0.25, -0.2) is 0 Å². The Labute approximate surface area is 104 Å². The molecule has 1 amide bonds. The predicted molar refractivity (Wildman–Crippen MR) is 66.9 cm³/mol. The zero-order valence-electron chi connectivity index (χ0n) is 8.94. The maximum Gasteiger partial charge on any atom is 0.230 e. The van der Waals surface area contributed by atoms with Gasteiger partial charge in [-0.1, -0.05) is 11.6 Å². The van der Waals surface area contributed by atoms with Gasteiger partial charge in [-0.15, -0.1) is 11.8 Å². The van der Waals surface area contributed by atoms with Crippen LogP contribution in [0.3, 0.4) is 0 Å². The summed E-state index contributed by atoms with van der Waals surface area (Å²) in [5.41, 5.74) is 0. The van der Waals surface area contributed by atoms with Crippen LogP contribution in [0.15, 0.2) is 29.2 Å². The molecule has 0 saturated carbocycles. The molecule has 1 unspecified atom stereocenters. The fraction of sp³-hybridized carbons (Fsp3) is 0.364. The molecule has 2 N–H and O–H groups in total. The molecule has 0 aromatic heterocycles. The van der Waals surface area contributed by atoms with Gasteiger partial charge in [0.1, 0.15) is 0 Å². The van der Waals surface area contributed by atoms with Crippen LogP contribution in [0, 0.1) is 0 Å². The molecule has 3 nitrogen and oxygen atoms in total. The van der Waals surface area contributed by atoms with Crippen LogP contribution in [0.5, 0.6) is 0 Å². The van der Waals surface area contributed by atoms with Crippen molar-refractivity contribution in [3.8, 4) is 0 Å². The van der Waals surface area contributed by atoms with E-state index in [0.29, 0.717) is 17.3 Å². The third-order valence-electron chi connectivity index (χ3n) is 1.78. The molecule has 0 aliphatic heterocycles. The van der Waals surface area contributed by atoms with E-state index in [0.717, 1.165) is 4.90 Å². The average Bonchev–Trinajstić information content (AvgIpc) is 2.25. The largest absolute Gasteiger partial charge is 0.392 e. The van der Waals surface area contributed by atoms with E-state index in [-0.39, 0.29) is 5.91 Å². The number of hydrogen-bond donors (Lipinski definition) is 2. The first-order valence-electron chi connectivity index (χ1n) is 4.91. The van der Waals surface area contributed by atoms with Crippen LogP contribution in [-0.4, -0.2) is 29.4 Å². The van der Waals surface area contributed by atoms with Gasteiger partial charge in [0.2, 0.25) is 5.91 Å². The molecule has 0 spiro atoms. The Kier molecular flexibility index (Phi) is 5.66. The zero-order chi connectivity index (χ0) is 12.0. The Balaban J connectivity index is 2.29. The standard InChI is InChI=1S/C11H14ClNO2S/c1-8(14)6-13-11(15)7-16-10-4-2-9(12)3-5-10/h2-5,8,14H,6-7H2,1H3,(H,13,15). The molecule has 0 saturated heterocycles. The maximum absolute atomic E-state index is 11.3. The normalized spacial score (nSPS) is 12.2. The summed E-state index contributed by atoms with van der Waals surface area (Å²) in [7, 11) is 0. The van der Waals surface area contributed by atoms with Crippen LogP contribution in [0.25, 0.3) is 0 Å². The maximum atomic E-state index is 11.3. The van der Waals surface area contributed by atoms with Gasteiger partial charge in [-0.3, -0.25) is 4.79 Å². The Hall–Kier alpha value is -0.710. The van der Waals surface area contributed by atoms with Crippen molar-refractivity contribution in [2.75, 3.05) is 12.3 Å². The third kappa shape index (κ3) is 5.39. The monoisotopic (exact) mass is 259 g/mol. The van der Waals surface area contributed by atoms with Crippen molar-refractivity contribution in [2.24, 2.45) is 0 Å². The molecule has 1 aromatic carbocycles.